The molecule has 0 aromatic heterocycles. The van der Waals surface area contributed by atoms with Gasteiger partial charge in [-0.25, -0.2) is 0 Å². The molecule has 0 atom stereocenters. The van der Waals surface area contributed by atoms with Crippen LogP contribution in [-0.2, 0) is 16.8 Å². The second kappa shape index (κ2) is 12.0. The Morgan fingerprint density at radius 2 is 1.70 bits per heavy atom. The van der Waals surface area contributed by atoms with Gasteiger partial charge in [-0.15, -0.1) is 0 Å². The number of allylic oxidation sites excluding steroid dienone is 1. The minimum atomic E-state index is 0. The van der Waals surface area contributed by atoms with Crippen LogP contribution in [0.1, 0.15) is 45.4 Å². The van der Waals surface area contributed by atoms with E-state index >= 15 is 0 Å². The van der Waals surface area contributed by atoms with Crippen LogP contribution in [0, 0.1) is 6.58 Å². The molecule has 1 heteroatoms. The normalized spacial score (nSPS) is 8.50. The molecule has 0 aliphatic rings. The second-order valence-corrected chi connectivity index (χ2v) is 2.44. The molecular formula is C9H17Co-. The van der Waals surface area contributed by atoms with E-state index in [-0.39, 0.29) is 16.8 Å². The standard InChI is InChI=1S/C9H17.Co/c1-3-5-7-9-8-6-4-2;/h1,3H,4-9H2,2H3;/q-1;. The Morgan fingerprint density at radius 1 is 1.10 bits per heavy atom. The first-order valence-corrected chi connectivity index (χ1v) is 3.95. The van der Waals surface area contributed by atoms with E-state index < -0.39 is 0 Å². The van der Waals surface area contributed by atoms with Gasteiger partial charge in [-0.2, -0.15) is 0 Å². The summed E-state index contributed by atoms with van der Waals surface area (Å²) in [6.45, 7) is 7.45. The molecule has 0 fully saturated rings. The van der Waals surface area contributed by atoms with Crippen molar-refractivity contribution in [3.63, 3.8) is 0 Å². The zero-order valence-corrected chi connectivity index (χ0v) is 7.77. The van der Waals surface area contributed by atoms with Gasteiger partial charge < -0.3 is 6.58 Å². The van der Waals surface area contributed by atoms with Crippen LogP contribution >= 0.6 is 0 Å². The maximum absolute atomic E-state index is 5.22. The maximum Gasteiger partial charge on any atom is 0 e. The summed E-state index contributed by atoms with van der Waals surface area (Å²) in [7, 11) is 0. The maximum atomic E-state index is 5.22. The zero-order valence-electron chi connectivity index (χ0n) is 6.73. The van der Waals surface area contributed by atoms with Gasteiger partial charge in [0.25, 0.3) is 0 Å². The van der Waals surface area contributed by atoms with Crippen molar-refractivity contribution in [2.24, 2.45) is 0 Å². The first-order valence-electron chi connectivity index (χ1n) is 3.95. The number of rotatable bonds is 6. The first kappa shape index (κ1) is 12.9. The predicted octanol–water partition coefficient (Wildman–Crippen LogP) is 3.33. The quantitative estimate of drug-likeness (QED) is 0.438. The van der Waals surface area contributed by atoms with Crippen LogP contribution in [-0.4, -0.2) is 0 Å². The van der Waals surface area contributed by atoms with E-state index in [1.165, 1.54) is 32.1 Å². The third kappa shape index (κ3) is 11.1. The van der Waals surface area contributed by atoms with Gasteiger partial charge in [0.1, 0.15) is 0 Å². The fourth-order valence-electron chi connectivity index (χ4n) is 0.866. The Labute approximate surface area is 75.3 Å². The van der Waals surface area contributed by atoms with Crippen molar-refractivity contribution in [2.75, 3.05) is 0 Å². The summed E-state index contributed by atoms with van der Waals surface area (Å²) in [5.41, 5.74) is 0. The van der Waals surface area contributed by atoms with Gasteiger partial charge in [0, 0.05) is 16.8 Å². The smallest absolute Gasteiger partial charge is 0 e. The monoisotopic (exact) mass is 184 g/mol. The second-order valence-electron chi connectivity index (χ2n) is 2.44. The van der Waals surface area contributed by atoms with Crippen LogP contribution in [0.4, 0.5) is 0 Å². The van der Waals surface area contributed by atoms with E-state index in [1.54, 1.807) is 6.08 Å². The summed E-state index contributed by atoms with van der Waals surface area (Å²) in [6, 6.07) is 0. The molecule has 0 aliphatic heterocycles. The van der Waals surface area contributed by atoms with Gasteiger partial charge in [0.15, 0.2) is 0 Å². The summed E-state index contributed by atoms with van der Waals surface area (Å²) < 4.78 is 0. The third-order valence-electron chi connectivity index (χ3n) is 1.47. The Kier molecular flexibility index (Phi) is 15.4. The average molecular weight is 184 g/mol. The molecule has 0 spiro atoms. The van der Waals surface area contributed by atoms with Crippen LogP contribution < -0.4 is 0 Å². The van der Waals surface area contributed by atoms with Gasteiger partial charge in [-0.05, 0) is 0 Å². The van der Waals surface area contributed by atoms with Gasteiger partial charge >= 0.3 is 0 Å². The Morgan fingerprint density at radius 3 is 2.20 bits per heavy atom. The van der Waals surface area contributed by atoms with Crippen molar-refractivity contribution in [1.29, 1.82) is 0 Å². The molecule has 0 saturated heterocycles. The van der Waals surface area contributed by atoms with Gasteiger partial charge in [-0.1, -0.05) is 45.4 Å². The third-order valence-corrected chi connectivity index (χ3v) is 1.47. The summed E-state index contributed by atoms with van der Waals surface area (Å²) >= 11 is 0. The van der Waals surface area contributed by atoms with E-state index in [0.717, 1.165) is 6.42 Å². The molecule has 1 radical (unpaired) electrons. The fourth-order valence-corrected chi connectivity index (χ4v) is 0.866. The molecule has 0 bridgehead atoms. The Balaban J connectivity index is 0. The largest absolute Gasteiger partial charge is 0.518 e. The number of hydrogen-bond donors (Lipinski definition) is 0. The van der Waals surface area contributed by atoms with Crippen LogP contribution in [0.25, 0.3) is 0 Å². The summed E-state index contributed by atoms with van der Waals surface area (Å²) in [5, 5.41) is 0. The molecule has 0 aliphatic carbocycles. The average Bonchev–Trinajstić information content (AvgIpc) is 1.89. The molecule has 0 heterocycles. The van der Waals surface area contributed by atoms with Gasteiger partial charge in [-0.3, -0.25) is 6.08 Å². The minimum Gasteiger partial charge on any atom is -0.518 e. The van der Waals surface area contributed by atoms with Crippen molar-refractivity contribution < 1.29 is 16.8 Å². The molecule has 63 valence electrons. The van der Waals surface area contributed by atoms with E-state index in [2.05, 4.69) is 6.92 Å². The summed E-state index contributed by atoms with van der Waals surface area (Å²) in [4.78, 5) is 0. The van der Waals surface area contributed by atoms with Crippen molar-refractivity contribution in [3.05, 3.63) is 12.7 Å². The van der Waals surface area contributed by atoms with E-state index in [9.17, 15) is 0 Å². The molecule has 0 N–H and O–H groups in total. The van der Waals surface area contributed by atoms with Crippen molar-refractivity contribution in [3.8, 4) is 0 Å². The molecule has 0 aromatic rings. The van der Waals surface area contributed by atoms with Crippen LogP contribution in [0.3, 0.4) is 0 Å². The summed E-state index contributed by atoms with van der Waals surface area (Å²) in [6.07, 6.45) is 9.55. The number of unbranched alkanes of at least 4 members (excludes halogenated alkanes) is 5. The van der Waals surface area contributed by atoms with E-state index in [0.29, 0.717) is 0 Å². The van der Waals surface area contributed by atoms with Crippen molar-refractivity contribution in [1.82, 2.24) is 0 Å². The molecule has 0 amide bonds. The molecule has 0 rings (SSSR count). The Bertz CT molecular complexity index is 59.7. The van der Waals surface area contributed by atoms with E-state index in [1.807, 2.05) is 0 Å². The molecule has 0 unspecified atom stereocenters. The van der Waals surface area contributed by atoms with Crippen molar-refractivity contribution in [2.45, 2.75) is 45.4 Å². The van der Waals surface area contributed by atoms with Crippen LogP contribution in [0.15, 0.2) is 6.08 Å². The predicted molar refractivity (Wildman–Crippen MR) is 42.2 cm³/mol. The van der Waals surface area contributed by atoms with Gasteiger partial charge in [0.2, 0.25) is 0 Å². The molecule has 10 heavy (non-hydrogen) atoms. The molecular weight excluding hydrogens is 167 g/mol. The molecule has 0 aromatic carbocycles. The van der Waals surface area contributed by atoms with Crippen LogP contribution in [0.5, 0.6) is 0 Å². The van der Waals surface area contributed by atoms with Crippen LogP contribution in [0.2, 0.25) is 0 Å². The minimum absolute atomic E-state index is 0. The number of hydrogen-bond acceptors (Lipinski definition) is 0. The van der Waals surface area contributed by atoms with Crippen molar-refractivity contribution >= 4 is 0 Å². The van der Waals surface area contributed by atoms with Gasteiger partial charge in [0.05, 0.1) is 0 Å². The topological polar surface area (TPSA) is 0 Å². The molecule has 0 saturated carbocycles. The summed E-state index contributed by atoms with van der Waals surface area (Å²) in [5.74, 6) is 0. The zero-order chi connectivity index (χ0) is 6.95. The SMILES string of the molecule is [CH-]=CCCCCCCC.[Co]. The fraction of sp³-hybridized carbons (Fsp3) is 0.778. The first-order chi connectivity index (χ1) is 4.41. The molecule has 0 nitrogen and oxygen atoms in total. The Hall–Kier alpha value is 0.246. The van der Waals surface area contributed by atoms with E-state index in [4.69, 9.17) is 6.58 Å².